The predicted molar refractivity (Wildman–Crippen MR) is 98.7 cm³/mol. The minimum absolute atomic E-state index is 0.0347. The van der Waals surface area contributed by atoms with Gasteiger partial charge < -0.3 is 9.64 Å². The summed E-state index contributed by atoms with van der Waals surface area (Å²) >= 11 is 2.82. The Labute approximate surface area is 157 Å². The van der Waals surface area contributed by atoms with Crippen LogP contribution in [0.15, 0.2) is 9.85 Å². The van der Waals surface area contributed by atoms with Gasteiger partial charge in [0.25, 0.3) is 0 Å². The second-order valence-corrected chi connectivity index (χ2v) is 7.87. The summed E-state index contributed by atoms with van der Waals surface area (Å²) in [7, 11) is 0. The number of hydrogen-bond acceptors (Lipinski definition) is 8. The molecule has 0 aliphatic carbocycles. The quantitative estimate of drug-likeness (QED) is 0.449. The molecule has 1 unspecified atom stereocenters. The average Bonchev–Trinajstić information content (AvgIpc) is 3.27. The fourth-order valence-corrected chi connectivity index (χ4v) is 4.38. The third kappa shape index (κ3) is 6.56. The molecule has 0 saturated carbocycles. The first kappa shape index (κ1) is 20.1. The summed E-state index contributed by atoms with van der Waals surface area (Å²) in [6.07, 6.45) is 2.50. The zero-order valence-electron chi connectivity index (χ0n) is 14.8. The van der Waals surface area contributed by atoms with E-state index in [1.807, 2.05) is 4.90 Å². The van der Waals surface area contributed by atoms with Crippen LogP contribution in [-0.4, -0.2) is 76.5 Å². The monoisotopic (exact) mass is 386 g/mol. The van der Waals surface area contributed by atoms with Gasteiger partial charge in [0.05, 0.1) is 18.8 Å². The number of thioether (sulfide) groups is 1. The van der Waals surface area contributed by atoms with Crippen LogP contribution in [0, 0.1) is 0 Å². The maximum absolute atomic E-state index is 12.7. The van der Waals surface area contributed by atoms with Crippen LogP contribution in [0.1, 0.15) is 33.1 Å². The highest BCUT2D eigenvalue weighted by Crippen LogP contribution is 2.21. The van der Waals surface area contributed by atoms with Gasteiger partial charge in [0, 0.05) is 19.1 Å². The smallest absolute Gasteiger partial charge is 0.307 e. The number of likely N-dealkylation sites (tertiary alicyclic amines) is 1. The normalized spacial score (nSPS) is 17.6. The lowest BCUT2D eigenvalue weighted by molar-refractivity contribution is -0.144. The summed E-state index contributed by atoms with van der Waals surface area (Å²) in [6, 6.07) is 0.377. The Morgan fingerprint density at radius 2 is 2.32 bits per heavy atom. The SMILES string of the molecule is CCOC(=O)CCN(CC1CCCN1CC)C(=O)CSc1nncs1. The zero-order chi connectivity index (χ0) is 18.1. The van der Waals surface area contributed by atoms with Crippen LogP contribution in [0.5, 0.6) is 0 Å². The van der Waals surface area contributed by atoms with Gasteiger partial charge in [-0.15, -0.1) is 10.2 Å². The van der Waals surface area contributed by atoms with Crippen molar-refractivity contribution in [1.82, 2.24) is 20.0 Å². The van der Waals surface area contributed by atoms with Crippen molar-refractivity contribution in [3.05, 3.63) is 5.51 Å². The van der Waals surface area contributed by atoms with Crippen molar-refractivity contribution in [3.8, 4) is 0 Å². The van der Waals surface area contributed by atoms with Gasteiger partial charge in [-0.2, -0.15) is 0 Å². The number of carbonyl (C=O) groups excluding carboxylic acids is 2. The van der Waals surface area contributed by atoms with Crippen molar-refractivity contribution >= 4 is 35.0 Å². The van der Waals surface area contributed by atoms with Crippen molar-refractivity contribution in [2.45, 2.75) is 43.5 Å². The Kier molecular flexibility index (Phi) is 8.63. The van der Waals surface area contributed by atoms with E-state index in [0.717, 1.165) is 30.3 Å². The van der Waals surface area contributed by atoms with E-state index in [0.29, 0.717) is 31.5 Å². The van der Waals surface area contributed by atoms with E-state index in [4.69, 9.17) is 4.74 Å². The number of ether oxygens (including phenoxy) is 1. The lowest BCUT2D eigenvalue weighted by atomic mass is 10.2. The molecule has 0 radical (unpaired) electrons. The first-order valence-corrected chi connectivity index (χ1v) is 10.6. The molecule has 1 aliphatic heterocycles. The van der Waals surface area contributed by atoms with Crippen LogP contribution < -0.4 is 0 Å². The standard InChI is InChI=1S/C16H26N4O3S2/c1-3-19-8-5-6-13(19)10-20(9-7-15(22)23-4-2)14(21)11-24-16-18-17-12-25-16/h12-13H,3-11H2,1-2H3. The van der Waals surface area contributed by atoms with Gasteiger partial charge >= 0.3 is 5.97 Å². The Balaban J connectivity index is 1.92. The first-order chi connectivity index (χ1) is 12.1. The molecule has 1 saturated heterocycles. The maximum Gasteiger partial charge on any atom is 0.307 e. The van der Waals surface area contributed by atoms with E-state index >= 15 is 0 Å². The molecule has 140 valence electrons. The number of esters is 1. The summed E-state index contributed by atoms with van der Waals surface area (Å²) in [6.45, 7) is 7.45. The number of hydrogen-bond donors (Lipinski definition) is 0. The van der Waals surface area contributed by atoms with E-state index in [-0.39, 0.29) is 18.3 Å². The molecule has 2 heterocycles. The summed E-state index contributed by atoms with van der Waals surface area (Å²) in [5.41, 5.74) is 1.66. The van der Waals surface area contributed by atoms with E-state index in [9.17, 15) is 9.59 Å². The van der Waals surface area contributed by atoms with Crippen LogP contribution in [0.3, 0.4) is 0 Å². The fraction of sp³-hybridized carbons (Fsp3) is 0.750. The number of likely N-dealkylation sites (N-methyl/N-ethyl adjacent to an activating group) is 1. The van der Waals surface area contributed by atoms with Crippen molar-refractivity contribution in [3.63, 3.8) is 0 Å². The summed E-state index contributed by atoms with van der Waals surface area (Å²) in [5.74, 6) is 0.0972. The van der Waals surface area contributed by atoms with E-state index in [1.54, 1.807) is 12.4 Å². The third-order valence-corrected chi connectivity index (χ3v) is 6.08. The molecular formula is C16H26N4O3S2. The summed E-state index contributed by atoms with van der Waals surface area (Å²) in [4.78, 5) is 28.6. The second-order valence-electron chi connectivity index (χ2n) is 5.81. The molecule has 1 aromatic rings. The molecule has 1 aromatic heterocycles. The van der Waals surface area contributed by atoms with Gasteiger partial charge in [-0.05, 0) is 32.9 Å². The predicted octanol–water partition coefficient (Wildman–Crippen LogP) is 1.90. The van der Waals surface area contributed by atoms with Crippen LogP contribution in [0.4, 0.5) is 0 Å². The molecule has 9 heteroatoms. The minimum Gasteiger partial charge on any atom is -0.466 e. The van der Waals surface area contributed by atoms with Crippen LogP contribution in [-0.2, 0) is 14.3 Å². The Hall–Kier alpha value is -1.19. The van der Waals surface area contributed by atoms with E-state index < -0.39 is 0 Å². The molecule has 0 N–H and O–H groups in total. The molecule has 0 spiro atoms. The summed E-state index contributed by atoms with van der Waals surface area (Å²) < 4.78 is 5.78. The van der Waals surface area contributed by atoms with Gasteiger partial charge in [0.15, 0.2) is 4.34 Å². The molecule has 2 rings (SSSR count). The molecule has 0 bridgehead atoms. The molecule has 1 aliphatic rings. The highest BCUT2D eigenvalue weighted by Gasteiger charge is 2.27. The van der Waals surface area contributed by atoms with Crippen LogP contribution in [0.25, 0.3) is 0 Å². The molecule has 1 amide bonds. The van der Waals surface area contributed by atoms with Crippen molar-refractivity contribution in [1.29, 1.82) is 0 Å². The van der Waals surface area contributed by atoms with Crippen LogP contribution >= 0.6 is 23.1 Å². The molecule has 1 fully saturated rings. The maximum atomic E-state index is 12.7. The highest BCUT2D eigenvalue weighted by molar-refractivity contribution is 8.01. The molecule has 0 aromatic carbocycles. The lowest BCUT2D eigenvalue weighted by Gasteiger charge is -2.30. The van der Waals surface area contributed by atoms with Gasteiger partial charge in [-0.3, -0.25) is 14.5 Å². The van der Waals surface area contributed by atoms with Crippen LogP contribution in [0.2, 0.25) is 0 Å². The number of rotatable bonds is 10. The van der Waals surface area contributed by atoms with Gasteiger partial charge in [-0.1, -0.05) is 30.0 Å². The molecule has 25 heavy (non-hydrogen) atoms. The molecule has 7 nitrogen and oxygen atoms in total. The van der Waals surface area contributed by atoms with Gasteiger partial charge in [-0.25, -0.2) is 0 Å². The lowest BCUT2D eigenvalue weighted by Crippen LogP contribution is -2.44. The number of carbonyl (C=O) groups is 2. The number of aromatic nitrogens is 2. The largest absolute Gasteiger partial charge is 0.466 e. The second kappa shape index (κ2) is 10.7. The molecule has 1 atom stereocenters. The third-order valence-electron chi connectivity index (χ3n) is 4.24. The Morgan fingerprint density at radius 3 is 3.00 bits per heavy atom. The van der Waals surface area contributed by atoms with Crippen molar-refractivity contribution in [2.75, 3.05) is 38.5 Å². The van der Waals surface area contributed by atoms with Gasteiger partial charge in [0.2, 0.25) is 5.91 Å². The minimum atomic E-state index is -0.254. The Bertz CT molecular complexity index is 541. The van der Waals surface area contributed by atoms with Gasteiger partial charge in [0.1, 0.15) is 5.51 Å². The number of amides is 1. The van der Waals surface area contributed by atoms with E-state index in [2.05, 4.69) is 22.0 Å². The summed E-state index contributed by atoms with van der Waals surface area (Å²) in [5, 5.41) is 7.74. The van der Waals surface area contributed by atoms with Crippen molar-refractivity contribution < 1.29 is 14.3 Å². The topological polar surface area (TPSA) is 75.6 Å². The first-order valence-electron chi connectivity index (χ1n) is 8.70. The highest BCUT2D eigenvalue weighted by atomic mass is 32.2. The number of nitrogens with zero attached hydrogens (tertiary/aromatic N) is 4. The Morgan fingerprint density at radius 1 is 1.48 bits per heavy atom. The van der Waals surface area contributed by atoms with Crippen molar-refractivity contribution in [2.24, 2.45) is 0 Å². The van der Waals surface area contributed by atoms with E-state index in [1.165, 1.54) is 23.1 Å². The fourth-order valence-electron chi connectivity index (χ4n) is 2.99. The molecular weight excluding hydrogens is 360 g/mol. The average molecular weight is 387 g/mol. The zero-order valence-corrected chi connectivity index (χ0v) is 16.5.